The van der Waals surface area contributed by atoms with Crippen LogP contribution in [0.4, 0.5) is 11.5 Å². The van der Waals surface area contributed by atoms with E-state index in [2.05, 4.69) is 26.3 Å². The monoisotopic (exact) mass is 371 g/mol. The van der Waals surface area contributed by atoms with Crippen LogP contribution in [-0.2, 0) is 0 Å². The molecule has 0 unspecified atom stereocenters. The number of nitrogens with zero attached hydrogens (tertiary/aromatic N) is 4. The lowest BCUT2D eigenvalue weighted by Crippen LogP contribution is -1.96. The zero-order valence-corrected chi connectivity index (χ0v) is 14.2. The number of aromatic nitrogens is 3. The standard InChI is InChI=1S/C16H7Cl2N5S/c17-8-1-2-10(9(18)5-8)23-16-14-11(20-7-21-16)3-4-12-15(14)24-13(6-19)22-12/h1-5,7H,(H,20,21,23). The summed E-state index contributed by atoms with van der Waals surface area (Å²) in [4.78, 5) is 12.9. The Kier molecular flexibility index (Phi) is 3.69. The second-order valence-corrected chi connectivity index (χ2v) is 6.75. The molecule has 2 aromatic carbocycles. The van der Waals surface area contributed by atoms with Crippen LogP contribution in [0.15, 0.2) is 36.7 Å². The van der Waals surface area contributed by atoms with Crippen LogP contribution >= 0.6 is 34.5 Å². The Labute approximate surface area is 150 Å². The van der Waals surface area contributed by atoms with E-state index in [4.69, 9.17) is 28.5 Å². The molecular weight excluding hydrogens is 365 g/mol. The van der Waals surface area contributed by atoms with Crippen molar-refractivity contribution >= 4 is 67.2 Å². The highest BCUT2D eigenvalue weighted by molar-refractivity contribution is 7.20. The smallest absolute Gasteiger partial charge is 0.195 e. The van der Waals surface area contributed by atoms with Crippen molar-refractivity contribution in [1.82, 2.24) is 15.0 Å². The van der Waals surface area contributed by atoms with E-state index in [0.717, 1.165) is 21.1 Å². The minimum Gasteiger partial charge on any atom is -0.338 e. The predicted molar refractivity (Wildman–Crippen MR) is 97.2 cm³/mol. The molecular formula is C16H7Cl2N5S. The van der Waals surface area contributed by atoms with Gasteiger partial charge in [-0.05, 0) is 30.3 Å². The molecule has 116 valence electrons. The van der Waals surface area contributed by atoms with E-state index in [1.54, 1.807) is 18.2 Å². The predicted octanol–water partition coefficient (Wildman–Crippen LogP) is 5.16. The maximum Gasteiger partial charge on any atom is 0.195 e. The molecule has 4 aromatic rings. The van der Waals surface area contributed by atoms with Gasteiger partial charge < -0.3 is 5.32 Å². The molecule has 0 saturated heterocycles. The van der Waals surface area contributed by atoms with Crippen LogP contribution in [0.1, 0.15) is 5.01 Å². The first-order valence-corrected chi connectivity index (χ1v) is 8.39. The summed E-state index contributed by atoms with van der Waals surface area (Å²) in [5, 5.41) is 14.6. The maximum atomic E-state index is 9.10. The fourth-order valence-electron chi connectivity index (χ4n) is 2.39. The molecule has 4 rings (SSSR count). The second kappa shape index (κ2) is 5.87. The number of nitriles is 1. The van der Waals surface area contributed by atoms with E-state index >= 15 is 0 Å². The molecule has 0 aliphatic carbocycles. The Morgan fingerprint density at radius 3 is 2.71 bits per heavy atom. The molecule has 0 bridgehead atoms. The molecule has 24 heavy (non-hydrogen) atoms. The van der Waals surface area contributed by atoms with Crippen LogP contribution in [0.25, 0.3) is 21.1 Å². The summed E-state index contributed by atoms with van der Waals surface area (Å²) in [5.74, 6) is 0.600. The van der Waals surface area contributed by atoms with Crippen molar-refractivity contribution in [2.75, 3.05) is 5.32 Å². The van der Waals surface area contributed by atoms with Gasteiger partial charge in [0.15, 0.2) is 5.01 Å². The third-order valence-electron chi connectivity index (χ3n) is 3.44. The molecule has 0 aliphatic heterocycles. The van der Waals surface area contributed by atoms with Crippen LogP contribution in [0.2, 0.25) is 10.0 Å². The summed E-state index contributed by atoms with van der Waals surface area (Å²) in [7, 11) is 0. The molecule has 0 atom stereocenters. The highest BCUT2D eigenvalue weighted by atomic mass is 35.5. The van der Waals surface area contributed by atoms with Crippen LogP contribution < -0.4 is 5.32 Å². The van der Waals surface area contributed by atoms with Crippen molar-refractivity contribution in [2.24, 2.45) is 0 Å². The van der Waals surface area contributed by atoms with Gasteiger partial charge in [-0.3, -0.25) is 0 Å². The quantitative estimate of drug-likeness (QED) is 0.526. The zero-order valence-electron chi connectivity index (χ0n) is 11.9. The number of rotatable bonds is 2. The molecule has 0 spiro atoms. The third kappa shape index (κ3) is 2.53. The van der Waals surface area contributed by atoms with Gasteiger partial charge in [0.05, 0.1) is 31.8 Å². The molecule has 0 fully saturated rings. The van der Waals surface area contributed by atoms with Gasteiger partial charge in [-0.2, -0.15) is 5.26 Å². The molecule has 8 heteroatoms. The normalized spacial score (nSPS) is 10.9. The molecule has 1 N–H and O–H groups in total. The van der Waals surface area contributed by atoms with Gasteiger partial charge in [0.25, 0.3) is 0 Å². The minimum absolute atomic E-state index is 0.400. The third-order valence-corrected chi connectivity index (χ3v) is 4.98. The first-order chi connectivity index (χ1) is 11.7. The number of anilines is 2. The maximum absolute atomic E-state index is 9.10. The van der Waals surface area contributed by atoms with Crippen molar-refractivity contribution in [3.05, 3.63) is 51.7 Å². The van der Waals surface area contributed by atoms with Crippen molar-refractivity contribution in [3.63, 3.8) is 0 Å². The summed E-state index contributed by atoms with van der Waals surface area (Å²) in [6.45, 7) is 0. The Morgan fingerprint density at radius 1 is 1.08 bits per heavy atom. The molecule has 0 amide bonds. The van der Waals surface area contributed by atoms with Gasteiger partial charge >= 0.3 is 0 Å². The van der Waals surface area contributed by atoms with Crippen molar-refractivity contribution in [3.8, 4) is 6.07 Å². The lowest BCUT2D eigenvalue weighted by atomic mass is 10.2. The van der Waals surface area contributed by atoms with Gasteiger partial charge in [-0.1, -0.05) is 23.2 Å². The van der Waals surface area contributed by atoms with Crippen LogP contribution in [0.3, 0.4) is 0 Å². The summed E-state index contributed by atoms with van der Waals surface area (Å²) in [5.41, 5.74) is 2.19. The van der Waals surface area contributed by atoms with Gasteiger partial charge in [-0.25, -0.2) is 15.0 Å². The number of fused-ring (bicyclic) bond motifs is 3. The van der Waals surface area contributed by atoms with Crippen LogP contribution in [0.5, 0.6) is 0 Å². The summed E-state index contributed by atoms with van der Waals surface area (Å²) < 4.78 is 0.859. The Balaban J connectivity index is 1.94. The van der Waals surface area contributed by atoms with E-state index < -0.39 is 0 Å². The minimum atomic E-state index is 0.400. The average molecular weight is 372 g/mol. The Morgan fingerprint density at radius 2 is 1.92 bits per heavy atom. The second-order valence-electron chi connectivity index (χ2n) is 4.91. The molecule has 5 nitrogen and oxygen atoms in total. The zero-order chi connectivity index (χ0) is 16.7. The van der Waals surface area contributed by atoms with E-state index in [1.165, 1.54) is 17.7 Å². The van der Waals surface area contributed by atoms with Gasteiger partial charge in [0.2, 0.25) is 0 Å². The highest BCUT2D eigenvalue weighted by Crippen LogP contribution is 2.35. The first kappa shape index (κ1) is 15.1. The van der Waals surface area contributed by atoms with Crippen LogP contribution in [-0.4, -0.2) is 15.0 Å². The number of halogens is 2. The summed E-state index contributed by atoms with van der Waals surface area (Å²) >= 11 is 13.5. The number of nitrogens with one attached hydrogen (secondary N) is 1. The number of hydrogen-bond acceptors (Lipinski definition) is 6. The molecule has 0 radical (unpaired) electrons. The number of benzene rings is 2. The fourth-order valence-corrected chi connectivity index (χ4v) is 3.75. The Bertz CT molecular complexity index is 1130. The van der Waals surface area contributed by atoms with E-state index in [0.29, 0.717) is 26.6 Å². The Hall–Kier alpha value is -2.46. The van der Waals surface area contributed by atoms with Crippen LogP contribution in [0, 0.1) is 11.3 Å². The van der Waals surface area contributed by atoms with E-state index in [1.807, 2.05) is 12.1 Å². The first-order valence-electron chi connectivity index (χ1n) is 6.82. The molecule has 0 saturated carbocycles. The molecule has 2 aromatic heterocycles. The largest absolute Gasteiger partial charge is 0.338 e. The fraction of sp³-hybridized carbons (Fsp3) is 0. The number of hydrogen-bond donors (Lipinski definition) is 1. The summed E-state index contributed by atoms with van der Waals surface area (Å²) in [6.07, 6.45) is 1.48. The van der Waals surface area contributed by atoms with Crippen molar-refractivity contribution in [2.45, 2.75) is 0 Å². The van der Waals surface area contributed by atoms with E-state index in [-0.39, 0.29) is 0 Å². The highest BCUT2D eigenvalue weighted by Gasteiger charge is 2.13. The van der Waals surface area contributed by atoms with Gasteiger partial charge in [-0.15, -0.1) is 11.3 Å². The van der Waals surface area contributed by atoms with Gasteiger partial charge in [0.1, 0.15) is 18.2 Å². The summed E-state index contributed by atoms with van der Waals surface area (Å²) in [6, 6.07) is 11.0. The van der Waals surface area contributed by atoms with Gasteiger partial charge in [0, 0.05) is 5.02 Å². The lowest BCUT2D eigenvalue weighted by molar-refractivity contribution is 1.22. The molecule has 2 heterocycles. The SMILES string of the molecule is N#Cc1nc2ccc3ncnc(Nc4ccc(Cl)cc4Cl)c3c2s1. The molecule has 0 aliphatic rings. The van der Waals surface area contributed by atoms with Crippen molar-refractivity contribution < 1.29 is 0 Å². The average Bonchev–Trinajstić information content (AvgIpc) is 3.01. The topological polar surface area (TPSA) is 74.5 Å². The van der Waals surface area contributed by atoms with E-state index in [9.17, 15) is 0 Å². The lowest BCUT2D eigenvalue weighted by Gasteiger charge is -2.10. The van der Waals surface area contributed by atoms with Crippen molar-refractivity contribution in [1.29, 1.82) is 5.26 Å². The number of thiazole rings is 1.